The second-order valence-electron chi connectivity index (χ2n) is 5.33. The zero-order chi connectivity index (χ0) is 14.9. The van der Waals surface area contributed by atoms with Gasteiger partial charge < -0.3 is 5.32 Å². The average molecular weight is 342 g/mol. The van der Waals surface area contributed by atoms with Crippen molar-refractivity contribution in [1.82, 2.24) is 14.6 Å². The summed E-state index contributed by atoms with van der Waals surface area (Å²) < 4.78 is 27.3. The third-order valence-corrected chi connectivity index (χ3v) is 6.02. The molecule has 0 saturated carbocycles. The van der Waals surface area contributed by atoms with Gasteiger partial charge in [0.15, 0.2) is 0 Å². The second-order valence-corrected chi connectivity index (χ2v) is 7.30. The Kier molecular flexibility index (Phi) is 5.39. The lowest BCUT2D eigenvalue weighted by Crippen LogP contribution is -2.43. The number of fused-ring (bicyclic) bond motifs is 1. The van der Waals surface area contributed by atoms with Crippen molar-refractivity contribution < 1.29 is 8.42 Å². The summed E-state index contributed by atoms with van der Waals surface area (Å²) in [6, 6.07) is 9.04. The maximum absolute atomic E-state index is 12.9. The number of pyridine rings is 1. The number of benzene rings is 1. The minimum Gasteiger partial charge on any atom is -0.317 e. The molecule has 0 spiro atoms. The molecule has 0 unspecified atom stereocenters. The Bertz CT molecular complexity index is 740. The van der Waals surface area contributed by atoms with E-state index in [1.54, 1.807) is 25.4 Å². The number of halogens is 1. The third-order valence-electron chi connectivity index (χ3n) is 4.08. The molecule has 0 bridgehead atoms. The maximum Gasteiger partial charge on any atom is 0.245 e. The molecular weight excluding hydrogens is 322 g/mol. The van der Waals surface area contributed by atoms with Gasteiger partial charge in [-0.25, -0.2) is 8.42 Å². The van der Waals surface area contributed by atoms with Crippen LogP contribution >= 0.6 is 12.4 Å². The number of sulfonamides is 1. The van der Waals surface area contributed by atoms with Crippen LogP contribution in [0.4, 0.5) is 0 Å². The first-order valence-corrected chi connectivity index (χ1v) is 8.57. The Morgan fingerprint density at radius 1 is 1.18 bits per heavy atom. The summed E-state index contributed by atoms with van der Waals surface area (Å²) >= 11 is 0. The molecule has 1 aliphatic heterocycles. The van der Waals surface area contributed by atoms with Gasteiger partial charge in [-0.3, -0.25) is 4.98 Å². The molecule has 1 saturated heterocycles. The highest BCUT2D eigenvalue weighted by Crippen LogP contribution is 2.26. The van der Waals surface area contributed by atoms with Gasteiger partial charge in [-0.1, -0.05) is 18.2 Å². The maximum atomic E-state index is 12.9. The van der Waals surface area contributed by atoms with E-state index < -0.39 is 10.0 Å². The molecule has 0 radical (unpaired) electrons. The Balaban J connectivity index is 0.00000176. The van der Waals surface area contributed by atoms with Crippen LogP contribution in [0.25, 0.3) is 10.9 Å². The van der Waals surface area contributed by atoms with Crippen LogP contribution in [0.1, 0.15) is 12.8 Å². The van der Waals surface area contributed by atoms with Crippen molar-refractivity contribution in [3.8, 4) is 0 Å². The summed E-state index contributed by atoms with van der Waals surface area (Å²) in [6.07, 6.45) is 3.31. The van der Waals surface area contributed by atoms with Crippen molar-refractivity contribution >= 4 is 33.3 Å². The average Bonchev–Trinajstić information content (AvgIpc) is 2.54. The number of nitrogens with one attached hydrogen (secondary N) is 1. The Labute approximate surface area is 137 Å². The van der Waals surface area contributed by atoms with Gasteiger partial charge in [0.1, 0.15) is 4.90 Å². The Morgan fingerprint density at radius 3 is 2.59 bits per heavy atom. The lowest BCUT2D eigenvalue weighted by atomic mass is 10.1. The van der Waals surface area contributed by atoms with Gasteiger partial charge >= 0.3 is 0 Å². The standard InChI is InChI=1S/C15H19N3O2S.ClH/c1-18(13-7-10-16-11-8-13)21(19,20)14-6-2-4-12-5-3-9-17-15(12)14;/h2-6,9,13,16H,7-8,10-11H2,1H3;1H. The number of nitrogens with zero attached hydrogens (tertiary/aromatic N) is 2. The molecule has 0 amide bonds. The predicted molar refractivity (Wildman–Crippen MR) is 89.8 cm³/mol. The molecule has 2 aromatic rings. The predicted octanol–water partition coefficient (Wildman–Crippen LogP) is 2.03. The van der Waals surface area contributed by atoms with Crippen molar-refractivity contribution in [2.24, 2.45) is 0 Å². The third kappa shape index (κ3) is 3.10. The first-order valence-electron chi connectivity index (χ1n) is 7.13. The summed E-state index contributed by atoms with van der Waals surface area (Å²) in [5.41, 5.74) is 0.542. The number of piperidine rings is 1. The Morgan fingerprint density at radius 2 is 1.86 bits per heavy atom. The summed E-state index contributed by atoms with van der Waals surface area (Å²) in [4.78, 5) is 4.55. The summed E-state index contributed by atoms with van der Waals surface area (Å²) in [5.74, 6) is 0. The number of rotatable bonds is 3. The van der Waals surface area contributed by atoms with Gasteiger partial charge in [-0.05, 0) is 38.1 Å². The largest absolute Gasteiger partial charge is 0.317 e. The van der Waals surface area contributed by atoms with Gasteiger partial charge in [0.25, 0.3) is 0 Å². The van der Waals surface area contributed by atoms with Crippen LogP contribution in [0, 0.1) is 0 Å². The molecular formula is C15H20ClN3O2S. The molecule has 7 heteroatoms. The van der Waals surface area contributed by atoms with Crippen molar-refractivity contribution in [2.45, 2.75) is 23.8 Å². The quantitative estimate of drug-likeness (QED) is 0.928. The SMILES string of the molecule is CN(C1CCNCC1)S(=O)(=O)c1cccc2cccnc12.Cl. The van der Waals surface area contributed by atoms with Crippen LogP contribution in [-0.4, -0.2) is 43.9 Å². The van der Waals surface area contributed by atoms with E-state index >= 15 is 0 Å². The fourth-order valence-electron chi connectivity index (χ4n) is 2.81. The van der Waals surface area contributed by atoms with Crippen LogP contribution in [0.2, 0.25) is 0 Å². The van der Waals surface area contributed by atoms with E-state index in [1.807, 2.05) is 18.2 Å². The fraction of sp³-hybridized carbons (Fsp3) is 0.400. The highest BCUT2D eigenvalue weighted by molar-refractivity contribution is 7.89. The number of hydrogen-bond donors (Lipinski definition) is 1. The van der Waals surface area contributed by atoms with E-state index in [0.29, 0.717) is 10.4 Å². The van der Waals surface area contributed by atoms with Gasteiger partial charge in [-0.15, -0.1) is 12.4 Å². The van der Waals surface area contributed by atoms with Crippen molar-refractivity contribution in [3.05, 3.63) is 36.5 Å². The van der Waals surface area contributed by atoms with Gasteiger partial charge in [0.2, 0.25) is 10.0 Å². The second kappa shape index (κ2) is 6.91. The monoisotopic (exact) mass is 341 g/mol. The normalized spacial score (nSPS) is 16.6. The summed E-state index contributed by atoms with van der Waals surface area (Å²) in [7, 11) is -1.85. The molecule has 1 N–H and O–H groups in total. The topological polar surface area (TPSA) is 62.3 Å². The molecule has 3 rings (SSSR count). The summed E-state index contributed by atoms with van der Waals surface area (Å²) in [6.45, 7) is 1.72. The van der Waals surface area contributed by atoms with Crippen LogP contribution < -0.4 is 5.32 Å². The molecule has 5 nitrogen and oxygen atoms in total. The first kappa shape index (κ1) is 17.1. The molecule has 0 atom stereocenters. The van der Waals surface area contributed by atoms with E-state index in [0.717, 1.165) is 31.3 Å². The molecule has 1 aliphatic rings. The summed E-state index contributed by atoms with van der Waals surface area (Å²) in [5, 5.41) is 4.10. The van der Waals surface area contributed by atoms with Crippen LogP contribution in [0.15, 0.2) is 41.4 Å². The zero-order valence-electron chi connectivity index (χ0n) is 12.4. The van der Waals surface area contributed by atoms with Crippen molar-refractivity contribution in [2.75, 3.05) is 20.1 Å². The van der Waals surface area contributed by atoms with E-state index in [4.69, 9.17) is 0 Å². The Hall–Kier alpha value is -1.21. The van der Waals surface area contributed by atoms with E-state index in [1.165, 1.54) is 4.31 Å². The van der Waals surface area contributed by atoms with Crippen LogP contribution in [0.3, 0.4) is 0 Å². The molecule has 0 aliphatic carbocycles. The molecule has 1 aromatic heterocycles. The van der Waals surface area contributed by atoms with Crippen molar-refractivity contribution in [3.63, 3.8) is 0 Å². The van der Waals surface area contributed by atoms with E-state index in [-0.39, 0.29) is 18.4 Å². The van der Waals surface area contributed by atoms with E-state index in [9.17, 15) is 8.42 Å². The molecule has 1 aromatic carbocycles. The molecule has 1 fully saturated rings. The van der Waals surface area contributed by atoms with E-state index in [2.05, 4.69) is 10.3 Å². The number of para-hydroxylation sites is 1. The lowest BCUT2D eigenvalue weighted by molar-refractivity contribution is 0.296. The van der Waals surface area contributed by atoms with Gasteiger partial charge in [-0.2, -0.15) is 4.31 Å². The van der Waals surface area contributed by atoms with Crippen LogP contribution in [0.5, 0.6) is 0 Å². The van der Waals surface area contributed by atoms with Crippen LogP contribution in [-0.2, 0) is 10.0 Å². The molecule has 22 heavy (non-hydrogen) atoms. The fourth-order valence-corrected chi connectivity index (χ4v) is 4.39. The van der Waals surface area contributed by atoms with Crippen molar-refractivity contribution in [1.29, 1.82) is 0 Å². The smallest absolute Gasteiger partial charge is 0.245 e. The lowest BCUT2D eigenvalue weighted by Gasteiger charge is -2.31. The first-order chi connectivity index (χ1) is 10.1. The van der Waals surface area contributed by atoms with Gasteiger partial charge in [0.05, 0.1) is 5.52 Å². The number of hydrogen-bond acceptors (Lipinski definition) is 4. The minimum absolute atomic E-state index is 0. The highest BCUT2D eigenvalue weighted by Gasteiger charge is 2.30. The molecule has 2 heterocycles. The number of aromatic nitrogens is 1. The van der Waals surface area contributed by atoms with Gasteiger partial charge in [0, 0.05) is 24.7 Å². The molecule has 120 valence electrons. The minimum atomic E-state index is -3.52. The highest BCUT2D eigenvalue weighted by atomic mass is 35.5. The zero-order valence-corrected chi connectivity index (χ0v) is 14.0.